The molecule has 0 bridgehead atoms. The van der Waals surface area contributed by atoms with Crippen molar-refractivity contribution in [1.82, 2.24) is 4.90 Å². The summed E-state index contributed by atoms with van der Waals surface area (Å²) in [6.45, 7) is 4.31. The second-order valence-electron chi connectivity index (χ2n) is 5.17. The highest BCUT2D eigenvalue weighted by molar-refractivity contribution is 9.10. The molecule has 2 N–H and O–H groups in total. The first-order valence-corrected chi connectivity index (χ1v) is 8.35. The SMILES string of the molecule is Brc1cccc(OCCN2CCCCCC2)c1.O=C(O)C(=O)O. The number of rotatable bonds is 4. The van der Waals surface area contributed by atoms with Gasteiger partial charge in [-0.25, -0.2) is 9.59 Å². The predicted octanol–water partition coefficient (Wildman–Crippen LogP) is 2.86. The maximum Gasteiger partial charge on any atom is 0.414 e. The summed E-state index contributed by atoms with van der Waals surface area (Å²) in [5, 5.41) is 14.8. The Morgan fingerprint density at radius 2 is 1.70 bits per heavy atom. The van der Waals surface area contributed by atoms with E-state index in [4.69, 9.17) is 24.5 Å². The second kappa shape index (κ2) is 11.0. The lowest BCUT2D eigenvalue weighted by Crippen LogP contribution is -2.29. The van der Waals surface area contributed by atoms with E-state index in [2.05, 4.69) is 20.8 Å². The number of likely N-dealkylation sites (tertiary alicyclic amines) is 1. The van der Waals surface area contributed by atoms with E-state index in [0.717, 1.165) is 23.4 Å². The monoisotopic (exact) mass is 387 g/mol. The van der Waals surface area contributed by atoms with Crippen LogP contribution in [0.3, 0.4) is 0 Å². The molecule has 0 saturated carbocycles. The first kappa shape index (κ1) is 19.4. The van der Waals surface area contributed by atoms with Gasteiger partial charge in [0.15, 0.2) is 0 Å². The van der Waals surface area contributed by atoms with Gasteiger partial charge in [0.25, 0.3) is 0 Å². The summed E-state index contributed by atoms with van der Waals surface area (Å²) in [5.41, 5.74) is 0. The standard InChI is InChI=1S/C14H20BrNO.C2H2O4/c15-13-6-5-7-14(12-13)17-11-10-16-8-3-1-2-4-9-16;3-1(4)2(5)6/h5-7,12H,1-4,8-11H2;(H,3,4)(H,5,6). The van der Waals surface area contributed by atoms with Crippen LogP contribution in [0, 0.1) is 0 Å². The zero-order valence-electron chi connectivity index (χ0n) is 12.9. The van der Waals surface area contributed by atoms with E-state index in [1.54, 1.807) is 0 Å². The summed E-state index contributed by atoms with van der Waals surface area (Å²) in [6, 6.07) is 8.04. The summed E-state index contributed by atoms with van der Waals surface area (Å²) in [7, 11) is 0. The van der Waals surface area contributed by atoms with Crippen molar-refractivity contribution in [1.29, 1.82) is 0 Å². The van der Waals surface area contributed by atoms with Crippen LogP contribution in [-0.2, 0) is 9.59 Å². The lowest BCUT2D eigenvalue weighted by molar-refractivity contribution is -0.159. The van der Waals surface area contributed by atoms with Crippen molar-refractivity contribution in [2.75, 3.05) is 26.2 Å². The van der Waals surface area contributed by atoms with Gasteiger partial charge in [0, 0.05) is 11.0 Å². The van der Waals surface area contributed by atoms with Gasteiger partial charge in [-0.1, -0.05) is 34.8 Å². The van der Waals surface area contributed by atoms with Crippen molar-refractivity contribution in [3.63, 3.8) is 0 Å². The van der Waals surface area contributed by atoms with Gasteiger partial charge in [-0.15, -0.1) is 0 Å². The third-order valence-electron chi connectivity index (χ3n) is 3.35. The Hall–Kier alpha value is -1.60. The van der Waals surface area contributed by atoms with E-state index in [1.165, 1.54) is 38.8 Å². The zero-order chi connectivity index (χ0) is 17.1. The van der Waals surface area contributed by atoms with Gasteiger partial charge in [-0.2, -0.15) is 0 Å². The Bertz CT molecular complexity index is 489. The largest absolute Gasteiger partial charge is 0.492 e. The van der Waals surface area contributed by atoms with Crippen LogP contribution < -0.4 is 4.74 Å². The molecule has 1 aromatic rings. The second-order valence-corrected chi connectivity index (χ2v) is 6.09. The molecule has 0 spiro atoms. The van der Waals surface area contributed by atoms with Gasteiger partial charge >= 0.3 is 11.9 Å². The minimum atomic E-state index is -1.82. The first-order chi connectivity index (χ1) is 11.0. The van der Waals surface area contributed by atoms with Crippen molar-refractivity contribution >= 4 is 27.9 Å². The minimum Gasteiger partial charge on any atom is -0.492 e. The van der Waals surface area contributed by atoms with Crippen molar-refractivity contribution in [2.24, 2.45) is 0 Å². The number of hydrogen-bond donors (Lipinski definition) is 2. The highest BCUT2D eigenvalue weighted by atomic mass is 79.9. The van der Waals surface area contributed by atoms with E-state index in [9.17, 15) is 0 Å². The Labute approximate surface area is 144 Å². The van der Waals surface area contributed by atoms with E-state index in [1.807, 2.05) is 24.3 Å². The van der Waals surface area contributed by atoms with Gasteiger partial charge in [0.2, 0.25) is 0 Å². The Morgan fingerprint density at radius 3 is 2.22 bits per heavy atom. The molecule has 1 aliphatic heterocycles. The average Bonchev–Trinajstić information content (AvgIpc) is 2.77. The van der Waals surface area contributed by atoms with Crippen LogP contribution >= 0.6 is 15.9 Å². The normalized spacial score (nSPS) is 15.0. The smallest absolute Gasteiger partial charge is 0.414 e. The molecule has 6 nitrogen and oxygen atoms in total. The van der Waals surface area contributed by atoms with Crippen molar-refractivity contribution in [3.8, 4) is 5.75 Å². The van der Waals surface area contributed by atoms with E-state index >= 15 is 0 Å². The van der Waals surface area contributed by atoms with Crippen LogP contribution in [-0.4, -0.2) is 53.3 Å². The molecular formula is C16H22BrNO5. The number of carboxylic acids is 2. The molecule has 2 rings (SSSR count). The van der Waals surface area contributed by atoms with Crippen LogP contribution in [0.2, 0.25) is 0 Å². The first-order valence-electron chi connectivity index (χ1n) is 7.56. The fourth-order valence-corrected chi connectivity index (χ4v) is 2.59. The van der Waals surface area contributed by atoms with Gasteiger partial charge < -0.3 is 14.9 Å². The topological polar surface area (TPSA) is 87.1 Å². The fraction of sp³-hybridized carbons (Fsp3) is 0.500. The quantitative estimate of drug-likeness (QED) is 0.772. The number of nitrogens with zero attached hydrogens (tertiary/aromatic N) is 1. The number of ether oxygens (including phenoxy) is 1. The number of benzene rings is 1. The Balaban J connectivity index is 0.000000379. The average molecular weight is 388 g/mol. The molecule has 23 heavy (non-hydrogen) atoms. The maximum atomic E-state index is 9.10. The van der Waals surface area contributed by atoms with Crippen LogP contribution in [0.5, 0.6) is 5.75 Å². The van der Waals surface area contributed by atoms with Gasteiger partial charge in [-0.05, 0) is 44.1 Å². The van der Waals surface area contributed by atoms with Crippen molar-refractivity contribution < 1.29 is 24.5 Å². The summed E-state index contributed by atoms with van der Waals surface area (Å²) < 4.78 is 6.83. The molecule has 0 aliphatic carbocycles. The van der Waals surface area contributed by atoms with Crippen molar-refractivity contribution in [2.45, 2.75) is 25.7 Å². The molecule has 0 aromatic heterocycles. The fourth-order valence-electron chi connectivity index (χ4n) is 2.21. The molecule has 0 amide bonds. The number of carbonyl (C=O) groups is 2. The highest BCUT2D eigenvalue weighted by Gasteiger charge is 2.08. The third kappa shape index (κ3) is 9.20. The molecule has 0 atom stereocenters. The molecule has 7 heteroatoms. The molecule has 0 unspecified atom stereocenters. The number of halogens is 1. The molecule has 1 aliphatic rings. The molecule has 1 heterocycles. The summed E-state index contributed by atoms with van der Waals surface area (Å²) in [4.78, 5) is 20.7. The van der Waals surface area contributed by atoms with Gasteiger partial charge in [0.05, 0.1) is 0 Å². The van der Waals surface area contributed by atoms with Gasteiger partial charge in [-0.3, -0.25) is 4.90 Å². The summed E-state index contributed by atoms with van der Waals surface area (Å²) in [6.07, 6.45) is 5.47. The number of aliphatic carboxylic acids is 2. The maximum absolute atomic E-state index is 9.10. The van der Waals surface area contributed by atoms with E-state index < -0.39 is 11.9 Å². The van der Waals surface area contributed by atoms with E-state index in [-0.39, 0.29) is 0 Å². The third-order valence-corrected chi connectivity index (χ3v) is 3.85. The molecule has 1 fully saturated rings. The molecule has 1 saturated heterocycles. The molecule has 128 valence electrons. The van der Waals surface area contributed by atoms with Crippen LogP contribution in [0.25, 0.3) is 0 Å². The zero-order valence-corrected chi connectivity index (χ0v) is 14.5. The Kier molecular flexibility index (Phi) is 9.31. The Morgan fingerprint density at radius 1 is 1.09 bits per heavy atom. The van der Waals surface area contributed by atoms with E-state index in [0.29, 0.717) is 0 Å². The molecule has 0 radical (unpaired) electrons. The van der Waals surface area contributed by atoms with Crippen molar-refractivity contribution in [3.05, 3.63) is 28.7 Å². The molecular weight excluding hydrogens is 366 g/mol. The summed E-state index contributed by atoms with van der Waals surface area (Å²) in [5.74, 6) is -2.70. The lowest BCUT2D eigenvalue weighted by atomic mass is 10.2. The highest BCUT2D eigenvalue weighted by Crippen LogP contribution is 2.17. The predicted molar refractivity (Wildman–Crippen MR) is 89.8 cm³/mol. The molecule has 1 aromatic carbocycles. The van der Waals surface area contributed by atoms with Crippen LogP contribution in [0.4, 0.5) is 0 Å². The van der Waals surface area contributed by atoms with Crippen LogP contribution in [0.15, 0.2) is 28.7 Å². The lowest BCUT2D eigenvalue weighted by Gasteiger charge is -2.19. The minimum absolute atomic E-state index is 0.788. The summed E-state index contributed by atoms with van der Waals surface area (Å²) >= 11 is 3.45. The van der Waals surface area contributed by atoms with Crippen LogP contribution in [0.1, 0.15) is 25.7 Å². The van der Waals surface area contributed by atoms with Gasteiger partial charge in [0.1, 0.15) is 12.4 Å². The number of carboxylic acid groups (broad SMARTS) is 2. The number of hydrogen-bond acceptors (Lipinski definition) is 4.